The first kappa shape index (κ1) is 9.38. The van der Waals surface area contributed by atoms with Crippen molar-refractivity contribution in [3.05, 3.63) is 12.7 Å². The Morgan fingerprint density at radius 1 is 1.70 bits per heavy atom. The van der Waals surface area contributed by atoms with Gasteiger partial charge in [0.05, 0.1) is 17.2 Å². The Kier molecular flexibility index (Phi) is 3.97. The van der Waals surface area contributed by atoms with E-state index in [4.69, 9.17) is 0 Å². The molecule has 7 heteroatoms. The molecule has 0 aliphatic heterocycles. The molecule has 0 rings (SSSR count). The van der Waals surface area contributed by atoms with Gasteiger partial charge in [0.25, 0.3) is 0 Å². The van der Waals surface area contributed by atoms with Gasteiger partial charge in [-0.15, -0.1) is 11.7 Å². The Morgan fingerprint density at radius 2 is 2.30 bits per heavy atom. The Bertz CT molecular complexity index is 222. The second kappa shape index (κ2) is 4.24. The molecule has 0 atom stereocenters. The summed E-state index contributed by atoms with van der Waals surface area (Å²) >= 11 is 0. The smallest absolute Gasteiger partial charge is 0.236 e. The lowest BCUT2D eigenvalue weighted by Crippen LogP contribution is -1.88. The molecule has 0 saturated carbocycles. The van der Waals surface area contributed by atoms with Crippen molar-refractivity contribution in [3.8, 4) is 0 Å². The molecular formula is C3H5ClN2O3S. The summed E-state index contributed by atoms with van der Waals surface area (Å²) in [6, 6.07) is 0. The molecule has 0 aromatic heterocycles. The number of nitrogens with zero attached hydrogens (tertiary/aromatic N) is 2. The van der Waals surface area contributed by atoms with Crippen LogP contribution in [0.3, 0.4) is 0 Å². The minimum absolute atomic E-state index is 0.187. The van der Waals surface area contributed by atoms with E-state index >= 15 is 0 Å². The monoisotopic (exact) mass is 184 g/mol. The largest absolute Gasteiger partial charge is 0.421 e. The van der Waals surface area contributed by atoms with Crippen molar-refractivity contribution in [2.75, 3.05) is 6.54 Å². The van der Waals surface area contributed by atoms with Gasteiger partial charge < -0.3 is 0 Å². The fourth-order valence-corrected chi connectivity index (χ4v) is 0.357. The van der Waals surface area contributed by atoms with Crippen LogP contribution in [0.1, 0.15) is 0 Å². The van der Waals surface area contributed by atoms with E-state index in [1.165, 1.54) is 6.08 Å². The van der Waals surface area contributed by atoms with Gasteiger partial charge in [-0.1, -0.05) is 6.08 Å². The van der Waals surface area contributed by atoms with E-state index in [1.54, 1.807) is 0 Å². The third kappa shape index (κ3) is 7.38. The summed E-state index contributed by atoms with van der Waals surface area (Å²) in [7, 11) is 0.555. The van der Waals surface area contributed by atoms with Gasteiger partial charge in [-0.05, 0) is 0 Å². The Labute approximate surface area is 62.9 Å². The van der Waals surface area contributed by atoms with Crippen molar-refractivity contribution >= 4 is 20.0 Å². The van der Waals surface area contributed by atoms with Crippen LogP contribution in [0.5, 0.6) is 0 Å². The highest BCUT2D eigenvalue weighted by Crippen LogP contribution is 1.98. The van der Waals surface area contributed by atoms with Gasteiger partial charge in [-0.3, -0.25) is 0 Å². The minimum Gasteiger partial charge on any atom is -0.236 e. The minimum atomic E-state index is -4.03. The third-order valence-electron chi connectivity index (χ3n) is 0.391. The van der Waals surface area contributed by atoms with Gasteiger partial charge in [0.2, 0.25) is 0 Å². The summed E-state index contributed by atoms with van der Waals surface area (Å²) in [5.41, 5.74) is 0. The predicted octanol–water partition coefficient (Wildman–Crippen LogP) is 1.04. The van der Waals surface area contributed by atoms with Crippen LogP contribution in [0.25, 0.3) is 0 Å². The lowest BCUT2D eigenvalue weighted by molar-refractivity contribution is 0.319. The van der Waals surface area contributed by atoms with Crippen molar-refractivity contribution in [1.82, 2.24) is 0 Å². The molecule has 0 aliphatic rings. The number of hydrogen-bond acceptors (Lipinski definition) is 5. The first-order chi connectivity index (χ1) is 4.56. The first-order valence-corrected chi connectivity index (χ1v) is 4.40. The van der Waals surface area contributed by atoms with E-state index in [1.807, 2.05) is 0 Å². The summed E-state index contributed by atoms with van der Waals surface area (Å²) < 4.78 is 23.6. The molecule has 0 aromatic carbocycles. The standard InChI is InChI=1S/C3H5ClN2O3S/c1-2-3-5-6-9-10(4,7)8/h2H,1,3H2. The van der Waals surface area contributed by atoms with Gasteiger partial charge >= 0.3 is 9.33 Å². The Balaban J connectivity index is 3.65. The highest BCUT2D eigenvalue weighted by molar-refractivity contribution is 8.09. The zero-order valence-corrected chi connectivity index (χ0v) is 6.47. The van der Waals surface area contributed by atoms with Crippen LogP contribution in [0.15, 0.2) is 23.0 Å². The quantitative estimate of drug-likeness (QED) is 0.284. The molecule has 5 nitrogen and oxygen atoms in total. The molecule has 0 saturated heterocycles. The van der Waals surface area contributed by atoms with Crippen molar-refractivity contribution in [2.45, 2.75) is 0 Å². The van der Waals surface area contributed by atoms with E-state index in [0.717, 1.165) is 0 Å². The van der Waals surface area contributed by atoms with E-state index in [-0.39, 0.29) is 6.54 Å². The Hall–Kier alpha value is -0.620. The van der Waals surface area contributed by atoms with Crippen LogP contribution in [0.4, 0.5) is 0 Å². The van der Waals surface area contributed by atoms with Crippen LogP contribution >= 0.6 is 10.7 Å². The van der Waals surface area contributed by atoms with E-state index in [2.05, 4.69) is 31.9 Å². The molecule has 0 radical (unpaired) electrons. The molecule has 0 amide bonds. The summed E-state index contributed by atoms with van der Waals surface area (Å²) in [6.45, 7) is 3.49. The van der Waals surface area contributed by atoms with Crippen LogP contribution in [-0.4, -0.2) is 15.0 Å². The first-order valence-electron chi connectivity index (χ1n) is 2.17. The molecule has 58 valence electrons. The van der Waals surface area contributed by atoms with Gasteiger partial charge in [0.1, 0.15) is 0 Å². The topological polar surface area (TPSA) is 68.1 Å². The molecule has 0 N–H and O–H groups in total. The van der Waals surface area contributed by atoms with Gasteiger partial charge in [-0.2, -0.15) is 8.42 Å². The fraction of sp³-hybridized carbons (Fsp3) is 0.333. The van der Waals surface area contributed by atoms with E-state index in [0.29, 0.717) is 0 Å². The van der Waals surface area contributed by atoms with E-state index < -0.39 is 9.33 Å². The zero-order valence-electron chi connectivity index (χ0n) is 4.90. The molecule has 0 unspecified atom stereocenters. The zero-order chi connectivity index (χ0) is 8.04. The van der Waals surface area contributed by atoms with Crippen LogP contribution in [-0.2, 0) is 13.6 Å². The van der Waals surface area contributed by atoms with Crippen LogP contribution in [0, 0.1) is 0 Å². The SMILES string of the molecule is C=CCN=NOS(=O)(=O)Cl. The molecule has 10 heavy (non-hydrogen) atoms. The van der Waals surface area contributed by atoms with Crippen molar-refractivity contribution in [2.24, 2.45) is 10.4 Å². The normalized spacial score (nSPS) is 11.7. The maximum atomic E-state index is 9.96. The van der Waals surface area contributed by atoms with Gasteiger partial charge in [-0.25, -0.2) is 4.28 Å². The highest BCUT2D eigenvalue weighted by Gasteiger charge is 2.01. The molecule has 0 aliphatic carbocycles. The maximum Gasteiger partial charge on any atom is 0.421 e. The summed E-state index contributed by atoms with van der Waals surface area (Å²) in [6.07, 6.45) is 1.42. The van der Waals surface area contributed by atoms with E-state index in [9.17, 15) is 8.42 Å². The van der Waals surface area contributed by atoms with Crippen molar-refractivity contribution in [1.29, 1.82) is 0 Å². The van der Waals surface area contributed by atoms with Crippen molar-refractivity contribution in [3.63, 3.8) is 0 Å². The number of hydrogen-bond donors (Lipinski definition) is 0. The second-order valence-corrected chi connectivity index (χ2v) is 3.23. The number of halogens is 1. The Morgan fingerprint density at radius 3 is 2.70 bits per heavy atom. The fourth-order valence-electron chi connectivity index (χ4n) is 0.154. The summed E-state index contributed by atoms with van der Waals surface area (Å²) in [4.78, 5) is 0. The lowest BCUT2D eigenvalue weighted by Gasteiger charge is -1.85. The lowest BCUT2D eigenvalue weighted by atomic mass is 10.7. The van der Waals surface area contributed by atoms with Crippen molar-refractivity contribution < 1.29 is 12.7 Å². The third-order valence-corrected chi connectivity index (χ3v) is 0.805. The van der Waals surface area contributed by atoms with Crippen LogP contribution < -0.4 is 0 Å². The predicted molar refractivity (Wildman–Crippen MR) is 35.8 cm³/mol. The van der Waals surface area contributed by atoms with Gasteiger partial charge in [0, 0.05) is 5.28 Å². The summed E-state index contributed by atoms with van der Waals surface area (Å²) in [5, 5.41) is 5.96. The maximum absolute atomic E-state index is 9.96. The molecular weight excluding hydrogens is 180 g/mol. The number of rotatable bonds is 4. The molecule has 0 aromatic rings. The average Bonchev–Trinajstić information content (AvgIpc) is 1.78. The summed E-state index contributed by atoms with van der Waals surface area (Å²) in [5.74, 6) is 0. The molecule has 0 heterocycles. The molecule has 0 bridgehead atoms. The second-order valence-electron chi connectivity index (χ2n) is 1.16. The molecule has 0 fully saturated rings. The molecule has 0 spiro atoms. The van der Waals surface area contributed by atoms with Crippen LogP contribution in [0.2, 0.25) is 0 Å². The van der Waals surface area contributed by atoms with Gasteiger partial charge in [0.15, 0.2) is 0 Å². The average molecular weight is 185 g/mol. The highest BCUT2D eigenvalue weighted by atomic mass is 35.7.